The molecule has 0 aromatic carbocycles. The number of carbonyl (C=O) groups excluding carboxylic acids is 2. The summed E-state index contributed by atoms with van der Waals surface area (Å²) >= 11 is 0. The largest absolute Gasteiger partial charge is 2.00 e. The number of hydrogen-bond acceptors (Lipinski definition) is 10. The molecular formula is C58H92B2N12Ni2O4. The zero-order chi connectivity index (χ0) is 57.5. The van der Waals surface area contributed by atoms with Gasteiger partial charge in [-0.1, -0.05) is 138 Å². The van der Waals surface area contributed by atoms with Crippen LogP contribution in [0.1, 0.15) is 186 Å². The Morgan fingerprint density at radius 2 is 0.487 bits per heavy atom. The van der Waals surface area contributed by atoms with E-state index in [2.05, 4.69) is 226 Å². The molecule has 20 heteroatoms. The van der Waals surface area contributed by atoms with Crippen LogP contribution >= 0.6 is 0 Å². The Morgan fingerprint density at radius 3 is 0.590 bits per heavy atom. The Morgan fingerprint density at radius 1 is 0.346 bits per heavy atom. The van der Waals surface area contributed by atoms with E-state index < -0.39 is 37.3 Å². The molecule has 0 spiro atoms. The summed E-state index contributed by atoms with van der Waals surface area (Å²) in [5, 5.41) is 51.8. The molecule has 0 bridgehead atoms. The molecule has 0 aliphatic rings. The first-order valence-electron chi connectivity index (χ1n) is 27.0. The van der Waals surface area contributed by atoms with Gasteiger partial charge in [-0.3, -0.25) is 9.59 Å². The topological polar surface area (TPSA) is 187 Å². The van der Waals surface area contributed by atoms with Gasteiger partial charge in [-0.25, -0.2) is 30.6 Å². The summed E-state index contributed by atoms with van der Waals surface area (Å²) in [6.45, 7) is 45.0. The summed E-state index contributed by atoms with van der Waals surface area (Å²) in [6.07, 6.45) is 18.1. The van der Waals surface area contributed by atoms with Gasteiger partial charge in [-0.05, 0) is 158 Å². The Bertz CT molecular complexity index is 2470. The number of aromatic nitrogens is 12. The van der Waals surface area contributed by atoms with Crippen molar-refractivity contribution in [1.82, 2.24) is 58.1 Å². The number of carbonyl (C=O) groups is 2. The summed E-state index contributed by atoms with van der Waals surface area (Å²) in [4.78, 5) is 22.1. The first-order chi connectivity index (χ1) is 34.7. The second kappa shape index (κ2) is 27.3. The molecule has 434 valence electrons. The minimum atomic E-state index is -1.33. The fourth-order valence-electron chi connectivity index (χ4n) is 9.28. The first kappa shape index (κ1) is 68.9. The number of hydrogen-bond donors (Lipinski definition) is 0. The first-order valence-corrected chi connectivity index (χ1v) is 27.0. The molecule has 0 aliphatic carbocycles. The summed E-state index contributed by atoms with van der Waals surface area (Å²) in [7, 11) is -2.65. The zero-order valence-electron chi connectivity index (χ0n) is 51.2. The van der Waals surface area contributed by atoms with Gasteiger partial charge < -0.3 is 37.8 Å². The van der Waals surface area contributed by atoms with Crippen LogP contribution < -0.4 is 10.2 Å². The molecule has 0 N–H and O–H groups in total. The average Bonchev–Trinajstić information content (AvgIpc) is 4.08. The molecular weight excluding hydrogens is 1070 g/mol. The fourth-order valence-corrected chi connectivity index (χ4v) is 9.28. The van der Waals surface area contributed by atoms with Crippen LogP contribution in [0.4, 0.5) is 0 Å². The predicted octanol–water partition coefficient (Wildman–Crippen LogP) is 8.84. The van der Waals surface area contributed by atoms with Crippen LogP contribution in [0.5, 0.6) is 0 Å². The molecule has 6 aromatic rings. The Labute approximate surface area is 487 Å². The standard InChI is InChI=1S/2C24H40BN6.C10H14O4.2Ni/c2*1-22(2,3)16-19-10-13-29(26-19)25(30-14-11-20(27-30)17-23(4,5)6)31-15-12-21(28-31)18-24(7,8)9;1-5(11)9(6(2)12)10(7(3)13)8(4)14;;/h2*10-15,25H,16-18H2,1-9H3;11,13H,1-4H3;;/q2*-1;;2*+2/p-2/b;;9-5+,10-7+;;. The van der Waals surface area contributed by atoms with Crippen molar-refractivity contribution in [2.75, 3.05) is 0 Å². The maximum absolute atomic E-state index is 11.1. The molecule has 6 rings (SSSR count). The number of ketones is 2. The second-order valence-electron chi connectivity index (χ2n) is 28.3. The van der Waals surface area contributed by atoms with Gasteiger partial charge in [-0.15, -0.1) is 11.5 Å². The molecule has 0 atom stereocenters. The number of Topliss-reactive ketones (excluding diaryl/α,β-unsaturated/α-hetero) is 2. The maximum Gasteiger partial charge on any atom is 2.00 e. The summed E-state index contributed by atoms with van der Waals surface area (Å²) in [6, 6.07) is 12.8. The SMILES string of the molecule is CC(=O)C(=C(/C)[O-])/C(C(C)=O)=C(\C)[O-].CC(C)(C)Cc1ccn([BH-](n2ccc(CC(C)(C)C)n2)n2ccc(CC(C)(C)C)n2)n1.CC(C)(C)Cc1ccn([BH-](n2ccc(CC(C)(C)C)n2)n2ccc(CC(C)(C)C)n2)n1.[Ni+2].[Ni+2]. The van der Waals surface area contributed by atoms with Crippen LogP contribution in [-0.4, -0.2) is 84.0 Å². The minimum Gasteiger partial charge on any atom is -0.875 e. The van der Waals surface area contributed by atoms with Crippen molar-refractivity contribution in [3.05, 3.63) is 130 Å². The maximum atomic E-state index is 11.1. The number of nitrogens with zero attached hydrogens (tertiary/aromatic N) is 12. The molecule has 0 aliphatic heterocycles. The Kier molecular flexibility index (Phi) is 24.1. The van der Waals surface area contributed by atoms with E-state index in [0.717, 1.165) is 100 Å². The van der Waals surface area contributed by atoms with E-state index in [-0.39, 0.29) is 76.6 Å². The van der Waals surface area contributed by atoms with Crippen molar-refractivity contribution < 1.29 is 52.8 Å². The molecule has 0 unspecified atom stereocenters. The molecule has 0 amide bonds. The van der Waals surface area contributed by atoms with Crippen LogP contribution in [0.3, 0.4) is 0 Å². The van der Waals surface area contributed by atoms with E-state index in [1.54, 1.807) is 0 Å². The van der Waals surface area contributed by atoms with Crippen LogP contribution in [0, 0.1) is 32.5 Å². The van der Waals surface area contributed by atoms with Gasteiger partial charge in [0.05, 0.1) is 34.2 Å². The van der Waals surface area contributed by atoms with Crippen molar-refractivity contribution in [1.29, 1.82) is 0 Å². The quantitative estimate of drug-likeness (QED) is 0.0416. The van der Waals surface area contributed by atoms with Crippen molar-refractivity contribution in [2.24, 2.45) is 32.5 Å². The average molecular weight is 1160 g/mol. The molecule has 6 heterocycles. The van der Waals surface area contributed by atoms with Crippen LogP contribution in [0.2, 0.25) is 0 Å². The molecule has 16 nitrogen and oxygen atoms in total. The third-order valence-corrected chi connectivity index (χ3v) is 11.8. The monoisotopic (exact) mass is 1160 g/mol. The van der Waals surface area contributed by atoms with Gasteiger partial charge >= 0.3 is 47.2 Å². The Balaban J connectivity index is 0.000000423. The fraction of sp³-hybridized carbons (Fsp3) is 0.586. The number of allylic oxidation sites excluding steroid dienone is 4. The third-order valence-electron chi connectivity index (χ3n) is 11.8. The van der Waals surface area contributed by atoms with E-state index in [0.29, 0.717) is 0 Å². The van der Waals surface area contributed by atoms with Crippen molar-refractivity contribution in [2.45, 2.75) is 191 Å². The third kappa shape index (κ3) is 22.9. The van der Waals surface area contributed by atoms with Gasteiger partial charge in [0.1, 0.15) is 0 Å². The van der Waals surface area contributed by atoms with E-state index in [9.17, 15) is 19.8 Å². The smallest absolute Gasteiger partial charge is 0.875 e. The van der Waals surface area contributed by atoms with E-state index in [1.165, 1.54) is 0 Å². The zero-order valence-corrected chi connectivity index (χ0v) is 53.2. The van der Waals surface area contributed by atoms with Crippen molar-refractivity contribution in [3.8, 4) is 0 Å². The van der Waals surface area contributed by atoms with Crippen LogP contribution in [0.15, 0.2) is 96.2 Å². The van der Waals surface area contributed by atoms with Crippen molar-refractivity contribution >= 4 is 25.8 Å². The normalized spacial score (nSPS) is 13.2. The summed E-state index contributed by atoms with van der Waals surface area (Å²) in [5.74, 6) is -2.23. The van der Waals surface area contributed by atoms with E-state index in [4.69, 9.17) is 30.6 Å². The summed E-state index contributed by atoms with van der Waals surface area (Å²) in [5.41, 5.74) is 7.21. The molecule has 78 heavy (non-hydrogen) atoms. The van der Waals surface area contributed by atoms with Gasteiger partial charge in [0, 0.05) is 11.1 Å². The molecule has 0 fully saturated rings. The van der Waals surface area contributed by atoms with Gasteiger partial charge in [0.25, 0.3) is 0 Å². The molecule has 0 saturated heterocycles. The van der Waals surface area contributed by atoms with E-state index in [1.807, 2.05) is 0 Å². The second-order valence-corrected chi connectivity index (χ2v) is 28.3. The predicted molar refractivity (Wildman–Crippen MR) is 306 cm³/mol. The Hall–Kier alpha value is -5.20. The minimum absolute atomic E-state index is 0. The molecule has 0 radical (unpaired) electrons. The molecule has 6 aromatic heterocycles. The van der Waals surface area contributed by atoms with Crippen LogP contribution in [-0.2, 0) is 81.1 Å². The van der Waals surface area contributed by atoms with Gasteiger partial charge in [0.2, 0.25) is 0 Å². The van der Waals surface area contributed by atoms with Crippen molar-refractivity contribution in [3.63, 3.8) is 0 Å². The van der Waals surface area contributed by atoms with Gasteiger partial charge in [0.15, 0.2) is 11.6 Å². The summed E-state index contributed by atoms with van der Waals surface area (Å²) < 4.78 is 12.4. The molecule has 0 saturated carbocycles. The van der Waals surface area contributed by atoms with Gasteiger partial charge in [-0.2, -0.15) is 0 Å². The van der Waals surface area contributed by atoms with Crippen LogP contribution in [0.25, 0.3) is 0 Å². The van der Waals surface area contributed by atoms with E-state index >= 15 is 0 Å². The number of rotatable bonds is 15.